The molecular weight excluding hydrogens is 392 g/mol. The first kappa shape index (κ1) is 20.8. The summed E-state index contributed by atoms with van der Waals surface area (Å²) in [6, 6.07) is 13.1. The molecule has 0 amide bonds. The second-order valence-corrected chi connectivity index (χ2v) is 8.85. The molecule has 0 atom stereocenters. The molecule has 0 spiro atoms. The molecule has 4 rings (SSSR count). The Bertz CT molecular complexity index is 996. The van der Waals surface area contributed by atoms with Crippen molar-refractivity contribution in [1.29, 1.82) is 0 Å². The molecule has 1 aromatic carbocycles. The van der Waals surface area contributed by atoms with Crippen molar-refractivity contribution < 1.29 is 0 Å². The van der Waals surface area contributed by atoms with E-state index in [-0.39, 0.29) is 0 Å². The van der Waals surface area contributed by atoms with Crippen molar-refractivity contribution in [2.45, 2.75) is 51.6 Å². The molecule has 2 aromatic heterocycles. The Kier molecular flexibility index (Phi) is 6.66. The minimum atomic E-state index is 0.371. The van der Waals surface area contributed by atoms with Crippen molar-refractivity contribution in [1.82, 2.24) is 9.97 Å². The molecule has 1 aliphatic rings. The van der Waals surface area contributed by atoms with Gasteiger partial charge in [-0.2, -0.15) is 0 Å². The highest BCUT2D eigenvalue weighted by molar-refractivity contribution is 6.33. The molecule has 1 saturated carbocycles. The SMILES string of the molecule is Cc1cccc(CNc2cncc(-c3cc(CC4CCC(N)CC4)ncc3Cl)c2)c1. The third kappa shape index (κ3) is 5.38. The Labute approximate surface area is 183 Å². The molecule has 4 nitrogen and oxygen atoms in total. The van der Waals surface area contributed by atoms with Gasteiger partial charge in [-0.1, -0.05) is 41.4 Å². The Hall–Kier alpha value is -2.43. The highest BCUT2D eigenvalue weighted by Gasteiger charge is 2.19. The van der Waals surface area contributed by atoms with E-state index in [0.29, 0.717) is 17.0 Å². The maximum atomic E-state index is 6.51. The van der Waals surface area contributed by atoms with Crippen molar-refractivity contribution in [3.63, 3.8) is 0 Å². The van der Waals surface area contributed by atoms with Crippen LogP contribution in [0.3, 0.4) is 0 Å². The second-order valence-electron chi connectivity index (χ2n) is 8.45. The molecule has 3 aromatic rings. The number of nitrogens with zero attached hydrogens (tertiary/aromatic N) is 2. The molecule has 1 fully saturated rings. The quantitative estimate of drug-likeness (QED) is 0.530. The highest BCUT2D eigenvalue weighted by Crippen LogP contribution is 2.31. The van der Waals surface area contributed by atoms with Gasteiger partial charge in [0.2, 0.25) is 0 Å². The van der Waals surface area contributed by atoms with Gasteiger partial charge in [0.1, 0.15) is 0 Å². The van der Waals surface area contributed by atoms with Crippen LogP contribution in [-0.4, -0.2) is 16.0 Å². The van der Waals surface area contributed by atoms with Crippen LogP contribution >= 0.6 is 11.6 Å². The molecule has 3 N–H and O–H groups in total. The van der Waals surface area contributed by atoms with Crippen molar-refractivity contribution in [3.8, 4) is 11.1 Å². The van der Waals surface area contributed by atoms with Crippen molar-refractivity contribution in [2.24, 2.45) is 11.7 Å². The lowest BCUT2D eigenvalue weighted by Gasteiger charge is -2.25. The molecule has 0 radical (unpaired) electrons. The van der Waals surface area contributed by atoms with E-state index in [4.69, 9.17) is 17.3 Å². The van der Waals surface area contributed by atoms with Crippen molar-refractivity contribution in [3.05, 3.63) is 76.8 Å². The predicted octanol–water partition coefficient (Wildman–Crippen LogP) is 5.78. The maximum Gasteiger partial charge on any atom is 0.0668 e. The van der Waals surface area contributed by atoms with Gasteiger partial charge < -0.3 is 11.1 Å². The number of aromatic nitrogens is 2. The number of halogens is 1. The van der Waals surface area contributed by atoms with Gasteiger partial charge in [-0.25, -0.2) is 0 Å². The summed E-state index contributed by atoms with van der Waals surface area (Å²) in [4.78, 5) is 9.02. The van der Waals surface area contributed by atoms with E-state index in [0.717, 1.165) is 48.3 Å². The van der Waals surface area contributed by atoms with Gasteiger partial charge in [-0.15, -0.1) is 0 Å². The number of hydrogen-bond acceptors (Lipinski definition) is 4. The molecule has 1 aliphatic carbocycles. The average Bonchev–Trinajstić information content (AvgIpc) is 2.75. The first-order valence-electron chi connectivity index (χ1n) is 10.7. The van der Waals surface area contributed by atoms with Gasteiger partial charge in [0.15, 0.2) is 0 Å². The first-order valence-corrected chi connectivity index (χ1v) is 11.1. The van der Waals surface area contributed by atoms with Gasteiger partial charge in [-0.3, -0.25) is 9.97 Å². The fourth-order valence-electron chi connectivity index (χ4n) is 4.21. The third-order valence-electron chi connectivity index (χ3n) is 5.93. The molecule has 0 aliphatic heterocycles. The molecule has 5 heteroatoms. The number of aryl methyl sites for hydroxylation is 1. The van der Waals surface area contributed by atoms with E-state index in [2.05, 4.69) is 58.6 Å². The largest absolute Gasteiger partial charge is 0.380 e. The van der Waals surface area contributed by atoms with E-state index in [1.54, 1.807) is 6.20 Å². The lowest BCUT2D eigenvalue weighted by Crippen LogP contribution is -2.27. The summed E-state index contributed by atoms with van der Waals surface area (Å²) >= 11 is 6.51. The smallest absolute Gasteiger partial charge is 0.0668 e. The van der Waals surface area contributed by atoms with Gasteiger partial charge >= 0.3 is 0 Å². The molecule has 0 saturated heterocycles. The molecule has 156 valence electrons. The van der Waals surface area contributed by atoms with Crippen LogP contribution < -0.4 is 11.1 Å². The Morgan fingerprint density at radius 3 is 2.70 bits per heavy atom. The van der Waals surface area contributed by atoms with Crippen LogP contribution in [0.1, 0.15) is 42.5 Å². The summed E-state index contributed by atoms with van der Waals surface area (Å²) in [5.41, 5.74) is 12.6. The first-order chi connectivity index (χ1) is 14.6. The Morgan fingerprint density at radius 1 is 1.07 bits per heavy atom. The lowest BCUT2D eigenvalue weighted by atomic mass is 9.83. The van der Waals surface area contributed by atoms with E-state index < -0.39 is 0 Å². The third-order valence-corrected chi connectivity index (χ3v) is 6.23. The number of pyridine rings is 2. The van der Waals surface area contributed by atoms with Crippen LogP contribution in [0.2, 0.25) is 5.02 Å². The molecule has 0 unspecified atom stereocenters. The minimum absolute atomic E-state index is 0.371. The second kappa shape index (κ2) is 9.59. The standard InChI is InChI=1S/C25H29ClN4/c1-17-3-2-4-19(9-17)13-29-23-11-20(14-28-15-23)24-12-22(30-16-25(24)26)10-18-5-7-21(27)8-6-18/h2-4,9,11-12,14-16,18,21,29H,5-8,10,13,27H2,1H3. The van der Waals surface area contributed by atoms with E-state index in [1.807, 2.05) is 12.4 Å². The van der Waals surface area contributed by atoms with E-state index >= 15 is 0 Å². The maximum absolute atomic E-state index is 6.51. The van der Waals surface area contributed by atoms with Crippen LogP contribution in [0.15, 0.2) is 55.0 Å². The van der Waals surface area contributed by atoms with Crippen molar-refractivity contribution >= 4 is 17.3 Å². The molecule has 0 bridgehead atoms. The van der Waals surface area contributed by atoms with Gasteiger partial charge in [-0.05, 0) is 62.6 Å². The Balaban J connectivity index is 1.48. The monoisotopic (exact) mass is 420 g/mol. The summed E-state index contributed by atoms with van der Waals surface area (Å²) in [7, 11) is 0. The number of hydrogen-bond donors (Lipinski definition) is 2. The van der Waals surface area contributed by atoms with E-state index in [1.165, 1.54) is 24.0 Å². The highest BCUT2D eigenvalue weighted by atomic mass is 35.5. The summed E-state index contributed by atoms with van der Waals surface area (Å²) in [6.07, 6.45) is 11.1. The zero-order chi connectivity index (χ0) is 20.9. The van der Waals surface area contributed by atoms with Gasteiger partial charge in [0, 0.05) is 48.0 Å². The number of anilines is 1. The zero-order valence-corrected chi connectivity index (χ0v) is 18.2. The number of nitrogens with one attached hydrogen (secondary N) is 1. The average molecular weight is 421 g/mol. The fraction of sp³-hybridized carbons (Fsp3) is 0.360. The van der Waals surface area contributed by atoms with Crippen LogP contribution in [0.25, 0.3) is 11.1 Å². The predicted molar refractivity (Wildman–Crippen MR) is 125 cm³/mol. The van der Waals surface area contributed by atoms with Gasteiger partial charge in [0.25, 0.3) is 0 Å². The van der Waals surface area contributed by atoms with Crippen LogP contribution in [0.4, 0.5) is 5.69 Å². The van der Waals surface area contributed by atoms with Crippen LogP contribution in [0, 0.1) is 12.8 Å². The Morgan fingerprint density at radius 2 is 1.90 bits per heavy atom. The van der Waals surface area contributed by atoms with Crippen molar-refractivity contribution in [2.75, 3.05) is 5.32 Å². The molecular formula is C25H29ClN4. The fourth-order valence-corrected chi connectivity index (χ4v) is 4.43. The lowest BCUT2D eigenvalue weighted by molar-refractivity contribution is 0.323. The topological polar surface area (TPSA) is 63.8 Å². The number of nitrogens with two attached hydrogens (primary N) is 1. The van der Waals surface area contributed by atoms with Crippen LogP contribution in [0.5, 0.6) is 0 Å². The van der Waals surface area contributed by atoms with E-state index in [9.17, 15) is 0 Å². The normalized spacial score (nSPS) is 18.9. The minimum Gasteiger partial charge on any atom is -0.380 e. The number of benzene rings is 1. The molecule has 30 heavy (non-hydrogen) atoms. The van der Waals surface area contributed by atoms with Crippen LogP contribution in [-0.2, 0) is 13.0 Å². The van der Waals surface area contributed by atoms with Gasteiger partial charge in [0.05, 0.1) is 10.7 Å². The number of rotatable bonds is 6. The zero-order valence-electron chi connectivity index (χ0n) is 17.4. The summed E-state index contributed by atoms with van der Waals surface area (Å²) in [6.45, 7) is 2.86. The summed E-state index contributed by atoms with van der Waals surface area (Å²) in [5, 5.41) is 4.12. The molecule has 2 heterocycles. The summed E-state index contributed by atoms with van der Waals surface area (Å²) < 4.78 is 0. The summed E-state index contributed by atoms with van der Waals surface area (Å²) in [5.74, 6) is 0.659.